The fraction of sp³-hybridized carbons (Fsp3) is 0. The maximum Gasteiger partial charge on any atom is 0.217 e. The Morgan fingerprint density at radius 1 is 0.508 bits per heavy atom. The second kappa shape index (κ2) is 15.3. The molecule has 0 saturated heterocycles. The summed E-state index contributed by atoms with van der Waals surface area (Å²) in [7, 11) is 0. The van der Waals surface area contributed by atoms with Crippen molar-refractivity contribution in [2.24, 2.45) is 0 Å². The first-order valence-corrected chi connectivity index (χ1v) is 19.3. The van der Waals surface area contributed by atoms with Gasteiger partial charge in [-0.15, -0.1) is 48.1 Å². The van der Waals surface area contributed by atoms with Crippen LogP contribution in [-0.4, -0.2) is 14.1 Å². The molecule has 7 heteroatoms. The van der Waals surface area contributed by atoms with Gasteiger partial charge in [0.2, 0.25) is 5.95 Å². The summed E-state index contributed by atoms with van der Waals surface area (Å²) in [4.78, 5) is 9.34. The van der Waals surface area contributed by atoms with Gasteiger partial charge in [-0.2, -0.15) is 12.1 Å². The van der Waals surface area contributed by atoms with Gasteiger partial charge >= 0.3 is 0 Å². The molecule has 3 heterocycles. The van der Waals surface area contributed by atoms with Crippen LogP contribution in [0, 0.1) is 18.8 Å². The second-order valence-corrected chi connectivity index (χ2v) is 14.2. The van der Waals surface area contributed by atoms with E-state index in [0.29, 0.717) is 11.5 Å². The van der Waals surface area contributed by atoms with E-state index in [2.05, 4.69) is 189 Å². The van der Waals surface area contributed by atoms with Crippen LogP contribution in [0.25, 0.3) is 55.7 Å². The molecule has 0 N–H and O–H groups in total. The summed E-state index contributed by atoms with van der Waals surface area (Å²) >= 11 is 0. The van der Waals surface area contributed by atoms with E-state index in [4.69, 9.17) is 9.72 Å². The SMILES string of the molecule is [Pt].[c-]1c(Oc2[c-]c3c(cc2)c2ccccc2n3-c2nccn2-c2ccccc2)cccc1N1[CH-]N(c2c(-c3ccccc3)cccc2-c2ccccc2)c2ccccc21. The van der Waals surface area contributed by atoms with E-state index >= 15 is 0 Å². The van der Waals surface area contributed by atoms with Crippen molar-refractivity contribution in [3.05, 3.63) is 219 Å². The molecule has 0 unspecified atom stereocenters. The Balaban J connectivity index is 0.00000420. The van der Waals surface area contributed by atoms with Gasteiger partial charge in [-0.3, -0.25) is 4.57 Å². The van der Waals surface area contributed by atoms with Crippen LogP contribution >= 0.6 is 0 Å². The van der Waals surface area contributed by atoms with E-state index in [9.17, 15) is 0 Å². The summed E-state index contributed by atoms with van der Waals surface area (Å²) < 4.78 is 10.9. The smallest absolute Gasteiger partial charge is 0.217 e. The molecule has 286 valence electrons. The van der Waals surface area contributed by atoms with Crippen molar-refractivity contribution in [3.63, 3.8) is 0 Å². The van der Waals surface area contributed by atoms with Crippen molar-refractivity contribution in [2.75, 3.05) is 9.80 Å². The topological polar surface area (TPSA) is 38.5 Å². The van der Waals surface area contributed by atoms with E-state index in [1.165, 1.54) is 0 Å². The minimum Gasteiger partial charge on any atom is -0.509 e. The normalized spacial score (nSPS) is 12.1. The molecule has 0 atom stereocenters. The van der Waals surface area contributed by atoms with Crippen LogP contribution in [-0.2, 0) is 21.1 Å². The van der Waals surface area contributed by atoms with Gasteiger partial charge < -0.3 is 19.1 Å². The molecule has 0 fully saturated rings. The number of anilines is 4. The molecule has 0 amide bonds. The van der Waals surface area contributed by atoms with Crippen LogP contribution in [0.1, 0.15) is 0 Å². The van der Waals surface area contributed by atoms with Crippen LogP contribution in [0.3, 0.4) is 0 Å². The third-order valence-electron chi connectivity index (χ3n) is 10.7. The number of benzene rings is 8. The molecular weight excluding hydrogens is 906 g/mol. The number of ether oxygens (including phenoxy) is 1. The van der Waals surface area contributed by atoms with Gasteiger partial charge in [0.1, 0.15) is 0 Å². The number of aromatic nitrogens is 3. The maximum absolute atomic E-state index is 6.62. The zero-order valence-electron chi connectivity index (χ0n) is 31.6. The Kier molecular flexibility index (Phi) is 9.40. The predicted octanol–water partition coefficient (Wildman–Crippen LogP) is 13.1. The molecule has 8 aromatic carbocycles. The molecule has 0 spiro atoms. The first-order chi connectivity index (χ1) is 28.8. The van der Waals surface area contributed by atoms with Gasteiger partial charge in [0.25, 0.3) is 0 Å². The minimum absolute atomic E-state index is 0. The van der Waals surface area contributed by atoms with Gasteiger partial charge in [-0.1, -0.05) is 133 Å². The van der Waals surface area contributed by atoms with Crippen molar-refractivity contribution in [2.45, 2.75) is 0 Å². The molecule has 0 saturated carbocycles. The third kappa shape index (κ3) is 6.39. The third-order valence-corrected chi connectivity index (χ3v) is 10.7. The van der Waals surface area contributed by atoms with E-state index < -0.39 is 0 Å². The van der Waals surface area contributed by atoms with E-state index in [1.54, 1.807) is 0 Å². The number of rotatable bonds is 8. The Morgan fingerprint density at radius 2 is 1.12 bits per heavy atom. The average molecular weight is 940 g/mol. The molecule has 1 aliphatic rings. The summed E-state index contributed by atoms with van der Waals surface area (Å²) in [5.41, 5.74) is 11.6. The molecule has 10 aromatic rings. The Hall–Kier alpha value is -7.14. The van der Waals surface area contributed by atoms with Crippen molar-refractivity contribution in [1.29, 1.82) is 0 Å². The number of nitrogens with zero attached hydrogens (tertiary/aromatic N) is 5. The standard InChI is InChI=1S/C52H34N5O.Pt/c1-4-16-37(17-5-1)43-25-15-26-44(38-18-6-2-7-19-38)51(43)56-36-55(48-28-12-13-29-49(48)56)40-22-14-23-41(34-40)58-42-30-31-46-45-24-10-11-27-47(45)57(50(46)35-42)52-53-32-33-54(52)39-20-8-3-9-21-39;/h1-33,36H;/q-3;. The summed E-state index contributed by atoms with van der Waals surface area (Å²) in [6, 6.07) is 72.2. The number of hydrogen-bond acceptors (Lipinski definition) is 4. The van der Waals surface area contributed by atoms with Crippen LogP contribution in [0.4, 0.5) is 22.7 Å². The zero-order chi connectivity index (χ0) is 38.4. The first-order valence-electron chi connectivity index (χ1n) is 19.3. The van der Waals surface area contributed by atoms with E-state index in [1.807, 2.05) is 48.8 Å². The fourth-order valence-corrected chi connectivity index (χ4v) is 8.13. The Morgan fingerprint density at radius 3 is 1.85 bits per heavy atom. The predicted molar refractivity (Wildman–Crippen MR) is 234 cm³/mol. The molecule has 11 rings (SSSR count). The fourth-order valence-electron chi connectivity index (χ4n) is 8.13. The average Bonchev–Trinajstić information content (AvgIpc) is 4.01. The van der Waals surface area contributed by atoms with Gasteiger partial charge in [0.05, 0.1) is 0 Å². The number of imidazole rings is 1. The molecular formula is C52H34N5OPt-3. The number of para-hydroxylation sites is 5. The van der Waals surface area contributed by atoms with Crippen LogP contribution in [0.5, 0.6) is 11.5 Å². The first kappa shape index (κ1) is 36.2. The van der Waals surface area contributed by atoms with Crippen LogP contribution in [0.2, 0.25) is 0 Å². The van der Waals surface area contributed by atoms with Crippen molar-refractivity contribution in [1.82, 2.24) is 14.1 Å². The zero-order valence-corrected chi connectivity index (χ0v) is 33.9. The van der Waals surface area contributed by atoms with Gasteiger partial charge in [0, 0.05) is 84.4 Å². The summed E-state index contributed by atoms with van der Waals surface area (Å²) in [5, 5.41) is 2.19. The van der Waals surface area contributed by atoms with Gasteiger partial charge in [0.15, 0.2) is 0 Å². The monoisotopic (exact) mass is 939 g/mol. The second-order valence-electron chi connectivity index (χ2n) is 14.2. The van der Waals surface area contributed by atoms with Crippen LogP contribution < -0.4 is 14.5 Å². The van der Waals surface area contributed by atoms with Gasteiger partial charge in [-0.25, -0.2) is 4.98 Å². The maximum atomic E-state index is 6.62. The molecule has 6 nitrogen and oxygen atoms in total. The van der Waals surface area contributed by atoms with E-state index in [0.717, 1.165) is 78.4 Å². The minimum atomic E-state index is 0. The largest absolute Gasteiger partial charge is 0.509 e. The number of hydrogen-bond donors (Lipinski definition) is 0. The molecule has 1 aliphatic heterocycles. The molecule has 59 heavy (non-hydrogen) atoms. The molecule has 0 aliphatic carbocycles. The summed E-state index contributed by atoms with van der Waals surface area (Å²) in [6.07, 6.45) is 3.82. The quantitative estimate of drug-likeness (QED) is 0.142. The summed E-state index contributed by atoms with van der Waals surface area (Å²) in [6.45, 7) is 2.17. The number of fused-ring (bicyclic) bond motifs is 4. The van der Waals surface area contributed by atoms with Crippen molar-refractivity contribution in [3.8, 4) is 45.4 Å². The van der Waals surface area contributed by atoms with E-state index in [-0.39, 0.29) is 21.1 Å². The molecule has 0 radical (unpaired) electrons. The van der Waals surface area contributed by atoms with Crippen molar-refractivity contribution >= 4 is 44.6 Å². The molecule has 0 bridgehead atoms. The van der Waals surface area contributed by atoms with Gasteiger partial charge in [-0.05, 0) is 46.8 Å². The van der Waals surface area contributed by atoms with Crippen LogP contribution in [0.15, 0.2) is 200 Å². The Labute approximate surface area is 357 Å². The Bertz CT molecular complexity index is 3030. The van der Waals surface area contributed by atoms with Crippen molar-refractivity contribution < 1.29 is 25.8 Å². The summed E-state index contributed by atoms with van der Waals surface area (Å²) in [5.74, 6) is 1.94. The molecule has 2 aromatic heterocycles.